The van der Waals surface area contributed by atoms with Gasteiger partial charge in [0.1, 0.15) is 7.94 Å². The van der Waals surface area contributed by atoms with Gasteiger partial charge in [0.2, 0.25) is 0 Å². The first-order valence-electron chi connectivity index (χ1n) is 7.04. The third kappa shape index (κ3) is 3.30. The highest BCUT2D eigenvalue weighted by Crippen LogP contribution is 2.35. The fourth-order valence-electron chi connectivity index (χ4n) is 3.01. The van der Waals surface area contributed by atoms with Crippen LogP contribution in [-0.4, -0.2) is 25.9 Å². The highest BCUT2D eigenvalue weighted by Gasteiger charge is 2.51. The van der Waals surface area contributed by atoms with Crippen LogP contribution in [0, 0.1) is 0 Å². The van der Waals surface area contributed by atoms with Crippen LogP contribution in [0.3, 0.4) is 0 Å². The quantitative estimate of drug-likeness (QED) is 0.772. The molecule has 0 atom stereocenters. The zero-order chi connectivity index (χ0) is 14.3. The molecular formula is C15H25BO2Si. The van der Waals surface area contributed by atoms with Crippen molar-refractivity contribution in [3.05, 3.63) is 30.3 Å². The van der Waals surface area contributed by atoms with Crippen LogP contribution < -0.4 is 5.19 Å². The van der Waals surface area contributed by atoms with Crippen molar-refractivity contribution in [3.63, 3.8) is 0 Å². The van der Waals surface area contributed by atoms with Gasteiger partial charge in [-0.15, -0.1) is 0 Å². The first-order chi connectivity index (χ1) is 8.62. The Balaban J connectivity index is 2.30. The number of rotatable bonds is 2. The monoisotopic (exact) mass is 276 g/mol. The van der Waals surface area contributed by atoms with Gasteiger partial charge in [-0.05, 0) is 27.7 Å². The molecule has 0 aromatic heterocycles. The van der Waals surface area contributed by atoms with Crippen molar-refractivity contribution in [2.45, 2.75) is 58.4 Å². The summed E-state index contributed by atoms with van der Waals surface area (Å²) in [5.74, 6) is 0. The van der Waals surface area contributed by atoms with Gasteiger partial charge in [0.25, 0.3) is 0 Å². The van der Waals surface area contributed by atoms with E-state index in [2.05, 4.69) is 71.1 Å². The van der Waals surface area contributed by atoms with E-state index in [0.29, 0.717) is 0 Å². The molecule has 1 aliphatic heterocycles. The Morgan fingerprint density at radius 2 is 1.42 bits per heavy atom. The molecule has 1 fully saturated rings. The second-order valence-electron chi connectivity index (χ2n) is 7.35. The number of hydrogen-bond acceptors (Lipinski definition) is 2. The molecule has 4 heteroatoms. The molecule has 2 rings (SSSR count). The minimum absolute atomic E-state index is 0.0892. The summed E-state index contributed by atoms with van der Waals surface area (Å²) in [6, 6.07) is 10.7. The van der Waals surface area contributed by atoms with Gasteiger partial charge in [0, 0.05) is 6.42 Å². The molecule has 2 nitrogen and oxygen atoms in total. The standard InChI is InChI=1S/C15H25BO2Si/c1-14(2)12-15(3,4)18-16(17-14)19(5,6)13-10-8-7-9-11-13/h7-11H,12H2,1-6H3. The summed E-state index contributed by atoms with van der Waals surface area (Å²) in [6.07, 6.45) is 0.926. The molecule has 104 valence electrons. The summed E-state index contributed by atoms with van der Waals surface area (Å²) < 4.78 is 12.5. The lowest BCUT2D eigenvalue weighted by Crippen LogP contribution is -2.66. The molecule has 0 aliphatic carbocycles. The Kier molecular flexibility index (Phi) is 3.71. The van der Waals surface area contributed by atoms with Crippen molar-refractivity contribution in [3.8, 4) is 0 Å². The smallest absolute Gasteiger partial charge is 0.409 e. The van der Waals surface area contributed by atoms with Crippen molar-refractivity contribution >= 4 is 19.8 Å². The average molecular weight is 276 g/mol. The van der Waals surface area contributed by atoms with Gasteiger partial charge >= 0.3 is 6.71 Å². The van der Waals surface area contributed by atoms with Crippen LogP contribution in [0.25, 0.3) is 0 Å². The van der Waals surface area contributed by atoms with Gasteiger partial charge in [0.05, 0.1) is 11.2 Å². The average Bonchev–Trinajstić information content (AvgIpc) is 2.26. The largest absolute Gasteiger partial charge is 0.438 e. The molecule has 1 heterocycles. The predicted octanol–water partition coefficient (Wildman–Crippen LogP) is 3.16. The molecule has 0 unspecified atom stereocenters. The molecule has 1 aromatic rings. The van der Waals surface area contributed by atoms with E-state index < -0.39 is 7.94 Å². The maximum atomic E-state index is 6.27. The number of benzene rings is 1. The van der Waals surface area contributed by atoms with E-state index in [1.165, 1.54) is 5.19 Å². The summed E-state index contributed by atoms with van der Waals surface area (Å²) in [7, 11) is -1.80. The first kappa shape index (κ1) is 14.8. The van der Waals surface area contributed by atoms with E-state index in [-0.39, 0.29) is 17.9 Å². The second-order valence-corrected chi connectivity index (χ2v) is 11.8. The summed E-state index contributed by atoms with van der Waals surface area (Å²) >= 11 is 0. The molecule has 19 heavy (non-hydrogen) atoms. The third-order valence-electron chi connectivity index (χ3n) is 3.81. The Morgan fingerprint density at radius 1 is 0.947 bits per heavy atom. The normalized spacial score (nSPS) is 22.3. The fourth-order valence-corrected chi connectivity index (χ4v) is 5.56. The highest BCUT2D eigenvalue weighted by atomic mass is 28.3. The first-order valence-corrected chi connectivity index (χ1v) is 10.1. The summed E-state index contributed by atoms with van der Waals surface area (Å²) in [5, 5.41) is 1.38. The van der Waals surface area contributed by atoms with E-state index in [0.717, 1.165) is 6.42 Å². The second kappa shape index (κ2) is 4.76. The van der Waals surface area contributed by atoms with Crippen LogP contribution in [-0.2, 0) is 9.31 Å². The Morgan fingerprint density at radius 3 is 1.89 bits per heavy atom. The van der Waals surface area contributed by atoms with Crippen molar-refractivity contribution in [1.82, 2.24) is 0 Å². The third-order valence-corrected chi connectivity index (χ3v) is 7.05. The molecule has 1 aliphatic rings. The van der Waals surface area contributed by atoms with Crippen molar-refractivity contribution in [2.24, 2.45) is 0 Å². The fraction of sp³-hybridized carbons (Fsp3) is 0.600. The molecule has 0 N–H and O–H groups in total. The van der Waals surface area contributed by atoms with Crippen LogP contribution in [0.15, 0.2) is 30.3 Å². The molecular weight excluding hydrogens is 251 g/mol. The molecule has 0 bridgehead atoms. The van der Waals surface area contributed by atoms with Gasteiger partial charge in [-0.2, -0.15) is 0 Å². The van der Waals surface area contributed by atoms with Gasteiger partial charge in [-0.3, -0.25) is 0 Å². The van der Waals surface area contributed by atoms with Gasteiger partial charge in [-0.1, -0.05) is 48.6 Å². The maximum absolute atomic E-state index is 6.27. The van der Waals surface area contributed by atoms with E-state index in [1.54, 1.807) is 0 Å². The zero-order valence-corrected chi connectivity index (χ0v) is 14.0. The zero-order valence-electron chi connectivity index (χ0n) is 13.0. The van der Waals surface area contributed by atoms with Crippen LogP contribution >= 0.6 is 0 Å². The van der Waals surface area contributed by atoms with Crippen molar-refractivity contribution < 1.29 is 9.31 Å². The topological polar surface area (TPSA) is 18.5 Å². The number of hydrogen-bond donors (Lipinski definition) is 0. The molecule has 0 amide bonds. The van der Waals surface area contributed by atoms with E-state index in [9.17, 15) is 0 Å². The minimum atomic E-state index is -1.80. The van der Waals surface area contributed by atoms with Crippen molar-refractivity contribution in [1.29, 1.82) is 0 Å². The summed E-state index contributed by atoms with van der Waals surface area (Å²) in [6.45, 7) is 13.2. The Bertz CT molecular complexity index is 427. The highest BCUT2D eigenvalue weighted by molar-refractivity contribution is 7.33. The van der Waals surface area contributed by atoms with Crippen LogP contribution in [0.2, 0.25) is 13.1 Å². The SMILES string of the molecule is CC1(C)CC(C)(C)OB([Si](C)(C)c2ccccc2)O1. The van der Waals surface area contributed by atoms with Crippen LogP contribution in [0.1, 0.15) is 34.1 Å². The molecule has 1 aromatic carbocycles. The van der Waals surface area contributed by atoms with Crippen LogP contribution in [0.5, 0.6) is 0 Å². The van der Waals surface area contributed by atoms with E-state index in [4.69, 9.17) is 9.31 Å². The summed E-state index contributed by atoms with van der Waals surface area (Å²) in [5.41, 5.74) is -0.239. The molecule has 0 radical (unpaired) electrons. The van der Waals surface area contributed by atoms with Gasteiger partial charge in [-0.25, -0.2) is 0 Å². The predicted molar refractivity (Wildman–Crippen MR) is 84.3 cm³/mol. The molecule has 0 saturated carbocycles. The lowest BCUT2D eigenvalue weighted by Gasteiger charge is -2.48. The maximum Gasteiger partial charge on any atom is 0.438 e. The lowest BCUT2D eigenvalue weighted by atomic mass is 9.88. The van der Waals surface area contributed by atoms with E-state index >= 15 is 0 Å². The lowest BCUT2D eigenvalue weighted by molar-refractivity contribution is -0.0697. The van der Waals surface area contributed by atoms with Crippen LogP contribution in [0.4, 0.5) is 0 Å². The van der Waals surface area contributed by atoms with E-state index in [1.807, 2.05) is 0 Å². The minimum Gasteiger partial charge on any atom is -0.409 e. The Labute approximate surface area is 118 Å². The Hall–Kier alpha value is -0.578. The summed E-state index contributed by atoms with van der Waals surface area (Å²) in [4.78, 5) is 0. The molecule has 0 spiro atoms. The van der Waals surface area contributed by atoms with Crippen molar-refractivity contribution in [2.75, 3.05) is 0 Å². The van der Waals surface area contributed by atoms with Gasteiger partial charge in [0.15, 0.2) is 0 Å². The van der Waals surface area contributed by atoms with Gasteiger partial charge < -0.3 is 9.31 Å². The molecule has 1 saturated heterocycles.